The molecule has 1 aliphatic heterocycles. The maximum Gasteiger partial charge on any atom is 0.304 e. The van der Waals surface area contributed by atoms with Gasteiger partial charge in [0.05, 0.1) is 30.8 Å². The van der Waals surface area contributed by atoms with Gasteiger partial charge >= 0.3 is 5.97 Å². The average molecular weight is 333 g/mol. The van der Waals surface area contributed by atoms with E-state index in [-0.39, 0.29) is 31.6 Å². The Labute approximate surface area is 138 Å². The molecule has 0 aromatic rings. The van der Waals surface area contributed by atoms with Crippen LogP contribution < -0.4 is 5.32 Å². The van der Waals surface area contributed by atoms with Gasteiger partial charge in [-0.2, -0.15) is 0 Å². The molecule has 1 aliphatic rings. The van der Waals surface area contributed by atoms with Gasteiger partial charge in [0.25, 0.3) is 0 Å². The molecule has 1 fully saturated rings. The lowest BCUT2D eigenvalue weighted by Gasteiger charge is -2.47. The van der Waals surface area contributed by atoms with E-state index in [0.29, 0.717) is 0 Å². The first-order chi connectivity index (χ1) is 10.6. The van der Waals surface area contributed by atoms with Crippen LogP contribution >= 0.6 is 0 Å². The summed E-state index contributed by atoms with van der Waals surface area (Å²) in [5.74, 6) is -0.808. The Balaban J connectivity index is 2.91. The van der Waals surface area contributed by atoms with Crippen molar-refractivity contribution >= 4 is 5.97 Å². The van der Waals surface area contributed by atoms with Crippen LogP contribution in [0.5, 0.6) is 0 Å². The monoisotopic (exact) mass is 333 g/mol. The lowest BCUT2D eigenvalue weighted by atomic mass is 9.87. The Morgan fingerprint density at radius 1 is 1.35 bits per heavy atom. The lowest BCUT2D eigenvalue weighted by Crippen LogP contribution is -2.66. The summed E-state index contributed by atoms with van der Waals surface area (Å²) >= 11 is 0. The second kappa shape index (κ2) is 8.39. The third-order valence-corrected chi connectivity index (χ3v) is 3.80. The molecule has 1 rings (SSSR count). The summed E-state index contributed by atoms with van der Waals surface area (Å²) in [6, 6.07) is -0.454. The van der Waals surface area contributed by atoms with Gasteiger partial charge in [0, 0.05) is 6.54 Å². The summed E-state index contributed by atoms with van der Waals surface area (Å²) in [6.07, 6.45) is -2.58. The Kier molecular flexibility index (Phi) is 7.41. The molecule has 7 heteroatoms. The van der Waals surface area contributed by atoms with E-state index in [1.54, 1.807) is 0 Å². The third-order valence-electron chi connectivity index (χ3n) is 3.80. The predicted molar refractivity (Wildman–Crippen MR) is 85.3 cm³/mol. The number of carbonyl (C=O) groups is 1. The number of nitrogens with one attached hydrogen (secondary N) is 1. The summed E-state index contributed by atoms with van der Waals surface area (Å²) in [7, 11) is 0. The molecule has 0 radical (unpaired) electrons. The highest BCUT2D eigenvalue weighted by atomic mass is 16.6. The van der Waals surface area contributed by atoms with Crippen molar-refractivity contribution in [3.05, 3.63) is 0 Å². The molecule has 7 nitrogen and oxygen atoms in total. The van der Waals surface area contributed by atoms with Crippen LogP contribution in [0.2, 0.25) is 0 Å². The number of hydrogen-bond donors (Lipinski definition) is 4. The molecule has 1 saturated heterocycles. The Bertz CT molecular complexity index is 381. The maximum absolute atomic E-state index is 10.8. The van der Waals surface area contributed by atoms with Crippen LogP contribution in [0.1, 0.15) is 41.0 Å². The van der Waals surface area contributed by atoms with Crippen LogP contribution in [0, 0.1) is 5.92 Å². The van der Waals surface area contributed by atoms with Crippen LogP contribution in [0.15, 0.2) is 0 Å². The van der Waals surface area contributed by atoms with Gasteiger partial charge in [-0.1, -0.05) is 13.8 Å². The van der Waals surface area contributed by atoms with Crippen LogP contribution in [-0.2, 0) is 14.3 Å². The highest BCUT2D eigenvalue weighted by molar-refractivity contribution is 5.66. The van der Waals surface area contributed by atoms with E-state index in [2.05, 4.69) is 5.32 Å². The molecule has 0 aliphatic carbocycles. The van der Waals surface area contributed by atoms with Gasteiger partial charge in [0.15, 0.2) is 0 Å². The number of aliphatic hydroxyl groups excluding tert-OH is 2. The zero-order chi connectivity index (χ0) is 17.8. The van der Waals surface area contributed by atoms with E-state index in [0.717, 1.165) is 0 Å². The van der Waals surface area contributed by atoms with Crippen molar-refractivity contribution in [3.63, 3.8) is 0 Å². The molecule has 5 atom stereocenters. The molecule has 0 aromatic heterocycles. The molecular weight excluding hydrogens is 302 g/mol. The van der Waals surface area contributed by atoms with E-state index in [1.165, 1.54) is 0 Å². The number of carboxylic acids is 1. The van der Waals surface area contributed by atoms with Crippen LogP contribution in [-0.4, -0.2) is 70.5 Å². The molecule has 0 aromatic carbocycles. The van der Waals surface area contributed by atoms with E-state index in [4.69, 9.17) is 14.6 Å². The molecule has 0 bridgehead atoms. The SMILES string of the molecule is CC(C)C1OC(CO)C(OC(C)(C)C)C(O)C1NCCC(=O)O. The van der Waals surface area contributed by atoms with Crippen molar-refractivity contribution in [2.24, 2.45) is 5.92 Å². The standard InChI is InChI=1S/C16H31NO6/c1-9(2)14-12(17-7-6-11(19)20)13(21)15(10(8-18)22-14)23-16(3,4)5/h9-10,12-15,17-18,21H,6-8H2,1-5H3,(H,19,20). The first-order valence-corrected chi connectivity index (χ1v) is 8.14. The average Bonchev–Trinajstić information content (AvgIpc) is 2.40. The Morgan fingerprint density at radius 2 is 1.96 bits per heavy atom. The second-order valence-electron chi connectivity index (χ2n) is 7.37. The third kappa shape index (κ3) is 6.00. The minimum Gasteiger partial charge on any atom is -0.481 e. The number of aliphatic carboxylic acids is 1. The van der Waals surface area contributed by atoms with Gasteiger partial charge < -0.3 is 30.1 Å². The first kappa shape index (κ1) is 20.3. The van der Waals surface area contributed by atoms with Gasteiger partial charge in [-0.3, -0.25) is 4.79 Å². The number of carboxylic acid groups (broad SMARTS) is 1. The number of hydrogen-bond acceptors (Lipinski definition) is 6. The second-order valence-corrected chi connectivity index (χ2v) is 7.37. The highest BCUT2D eigenvalue weighted by Gasteiger charge is 2.47. The van der Waals surface area contributed by atoms with Gasteiger partial charge in [-0.25, -0.2) is 0 Å². The first-order valence-electron chi connectivity index (χ1n) is 8.14. The topological polar surface area (TPSA) is 108 Å². The molecule has 136 valence electrons. The number of ether oxygens (including phenoxy) is 2. The van der Waals surface area contributed by atoms with Gasteiger partial charge in [0.2, 0.25) is 0 Å². The number of aliphatic hydroxyl groups is 2. The normalized spacial score (nSPS) is 32.3. The largest absolute Gasteiger partial charge is 0.481 e. The summed E-state index contributed by atoms with van der Waals surface area (Å²) in [5.41, 5.74) is -0.501. The predicted octanol–water partition coefficient (Wildman–Crippen LogP) is 0.380. The van der Waals surface area contributed by atoms with E-state index in [9.17, 15) is 15.0 Å². The van der Waals surface area contributed by atoms with Crippen molar-refractivity contribution in [1.29, 1.82) is 0 Å². The molecule has 23 heavy (non-hydrogen) atoms. The van der Waals surface area contributed by atoms with E-state index in [1.807, 2.05) is 34.6 Å². The molecule has 0 amide bonds. The Hall–Kier alpha value is -0.730. The van der Waals surface area contributed by atoms with Crippen LogP contribution in [0.4, 0.5) is 0 Å². The molecule has 0 spiro atoms. The quantitative estimate of drug-likeness (QED) is 0.533. The van der Waals surface area contributed by atoms with Crippen LogP contribution in [0.3, 0.4) is 0 Å². The fourth-order valence-electron chi connectivity index (χ4n) is 2.84. The smallest absolute Gasteiger partial charge is 0.304 e. The van der Waals surface area contributed by atoms with Crippen molar-refractivity contribution < 1.29 is 29.6 Å². The Morgan fingerprint density at radius 3 is 2.39 bits per heavy atom. The minimum absolute atomic E-state index is 0.0394. The van der Waals surface area contributed by atoms with Gasteiger partial charge in [-0.15, -0.1) is 0 Å². The van der Waals surface area contributed by atoms with Gasteiger partial charge in [0.1, 0.15) is 18.3 Å². The minimum atomic E-state index is -0.902. The molecule has 4 N–H and O–H groups in total. The summed E-state index contributed by atoms with van der Waals surface area (Å²) in [5, 5.41) is 32.2. The van der Waals surface area contributed by atoms with E-state index >= 15 is 0 Å². The number of rotatable bonds is 7. The van der Waals surface area contributed by atoms with E-state index < -0.39 is 35.9 Å². The van der Waals surface area contributed by atoms with Crippen molar-refractivity contribution in [2.45, 2.75) is 77.1 Å². The summed E-state index contributed by atoms with van der Waals surface area (Å²) < 4.78 is 11.8. The fraction of sp³-hybridized carbons (Fsp3) is 0.938. The van der Waals surface area contributed by atoms with Gasteiger partial charge in [-0.05, 0) is 26.7 Å². The van der Waals surface area contributed by atoms with Crippen molar-refractivity contribution in [2.75, 3.05) is 13.2 Å². The fourth-order valence-corrected chi connectivity index (χ4v) is 2.84. The molecule has 5 unspecified atom stereocenters. The summed E-state index contributed by atoms with van der Waals surface area (Å²) in [4.78, 5) is 10.7. The van der Waals surface area contributed by atoms with Crippen molar-refractivity contribution in [1.82, 2.24) is 5.32 Å². The van der Waals surface area contributed by atoms with Crippen molar-refractivity contribution in [3.8, 4) is 0 Å². The maximum atomic E-state index is 10.8. The summed E-state index contributed by atoms with van der Waals surface area (Å²) in [6.45, 7) is 9.52. The lowest BCUT2D eigenvalue weighted by molar-refractivity contribution is -0.242. The molecular formula is C16H31NO6. The highest BCUT2D eigenvalue weighted by Crippen LogP contribution is 2.30. The van der Waals surface area contributed by atoms with Crippen LogP contribution in [0.25, 0.3) is 0 Å². The zero-order valence-electron chi connectivity index (χ0n) is 14.7. The molecule has 1 heterocycles. The molecule has 0 saturated carbocycles. The zero-order valence-corrected chi connectivity index (χ0v) is 14.7.